The summed E-state index contributed by atoms with van der Waals surface area (Å²) in [5.41, 5.74) is 14.5. The molecule has 3 heterocycles. The minimum absolute atomic E-state index is 0.172. The molecule has 0 radical (unpaired) electrons. The van der Waals surface area contributed by atoms with E-state index in [1.54, 1.807) is 29.7 Å². The second kappa shape index (κ2) is 5.47. The predicted octanol–water partition coefficient (Wildman–Crippen LogP) is 3.03. The van der Waals surface area contributed by atoms with Gasteiger partial charge in [-0.2, -0.15) is 0 Å². The lowest BCUT2D eigenvalue weighted by molar-refractivity contribution is 0.100. The zero-order valence-electron chi connectivity index (χ0n) is 12.5. The predicted molar refractivity (Wildman–Crippen MR) is 95.6 cm³/mol. The van der Waals surface area contributed by atoms with Gasteiger partial charge in [0.2, 0.25) is 5.95 Å². The summed E-state index contributed by atoms with van der Waals surface area (Å²) in [5, 5.41) is 3.08. The first kappa shape index (κ1) is 14.4. The van der Waals surface area contributed by atoms with E-state index in [-0.39, 0.29) is 5.95 Å². The average molecular weight is 335 g/mol. The Morgan fingerprint density at radius 2 is 2.04 bits per heavy atom. The van der Waals surface area contributed by atoms with E-state index >= 15 is 0 Å². The number of carbonyl (C=O) groups excluding carboxylic acids is 1. The minimum atomic E-state index is -0.496. The molecule has 0 saturated carbocycles. The molecule has 0 atom stereocenters. The van der Waals surface area contributed by atoms with Crippen LogP contribution in [0.2, 0.25) is 0 Å². The highest BCUT2D eigenvalue weighted by molar-refractivity contribution is 7.17. The van der Waals surface area contributed by atoms with Crippen molar-refractivity contribution in [2.24, 2.45) is 5.73 Å². The normalized spacial score (nSPS) is 11.0. The van der Waals surface area contributed by atoms with E-state index < -0.39 is 5.91 Å². The molecule has 7 heteroatoms. The number of nitrogens with one attached hydrogen (secondary N) is 1. The first-order valence-corrected chi connectivity index (χ1v) is 8.10. The summed E-state index contributed by atoms with van der Waals surface area (Å²) in [7, 11) is 0. The molecule has 0 saturated heterocycles. The van der Waals surface area contributed by atoms with E-state index in [1.165, 1.54) is 0 Å². The van der Waals surface area contributed by atoms with Gasteiger partial charge in [-0.05, 0) is 18.2 Å². The minimum Gasteiger partial charge on any atom is -0.368 e. The SMILES string of the molecule is NC(=O)c1cc(-c2ccnc(N)n2)[nH]c1-c1csc2ccccc12. The van der Waals surface area contributed by atoms with Gasteiger partial charge >= 0.3 is 0 Å². The molecule has 1 aromatic carbocycles. The van der Waals surface area contributed by atoms with E-state index in [4.69, 9.17) is 11.5 Å². The number of benzene rings is 1. The van der Waals surface area contributed by atoms with Crippen LogP contribution in [0.5, 0.6) is 0 Å². The quantitative estimate of drug-likeness (QED) is 0.534. The van der Waals surface area contributed by atoms with Gasteiger partial charge in [0, 0.05) is 27.2 Å². The van der Waals surface area contributed by atoms with Gasteiger partial charge in [-0.1, -0.05) is 18.2 Å². The van der Waals surface area contributed by atoms with Crippen LogP contribution in [0.25, 0.3) is 32.7 Å². The molecule has 0 aliphatic rings. The molecule has 1 amide bonds. The molecule has 6 nitrogen and oxygen atoms in total. The lowest BCUT2D eigenvalue weighted by Crippen LogP contribution is -2.10. The summed E-state index contributed by atoms with van der Waals surface area (Å²) >= 11 is 1.62. The molecule has 3 aromatic heterocycles. The van der Waals surface area contributed by atoms with Crippen molar-refractivity contribution in [1.82, 2.24) is 15.0 Å². The standard InChI is InChI=1S/C17H13N5OS/c18-16(23)10-7-13(12-5-6-20-17(19)22-12)21-15(10)11-8-24-14-4-2-1-3-9(11)14/h1-8,21H,(H2,18,23)(H2,19,20,22). The third-order valence-electron chi connectivity index (χ3n) is 3.78. The van der Waals surface area contributed by atoms with Crippen LogP contribution in [-0.4, -0.2) is 20.9 Å². The first-order valence-electron chi connectivity index (χ1n) is 7.22. The monoisotopic (exact) mass is 335 g/mol. The van der Waals surface area contributed by atoms with E-state index in [0.29, 0.717) is 22.6 Å². The van der Waals surface area contributed by atoms with Crippen molar-refractivity contribution >= 4 is 33.3 Å². The fourth-order valence-electron chi connectivity index (χ4n) is 2.69. The van der Waals surface area contributed by atoms with Crippen LogP contribution in [-0.2, 0) is 0 Å². The zero-order chi connectivity index (χ0) is 16.7. The molecule has 4 rings (SSSR count). The molecule has 0 aliphatic carbocycles. The Morgan fingerprint density at radius 3 is 2.83 bits per heavy atom. The summed E-state index contributed by atoms with van der Waals surface area (Å²) < 4.78 is 1.14. The van der Waals surface area contributed by atoms with E-state index in [0.717, 1.165) is 15.6 Å². The van der Waals surface area contributed by atoms with E-state index in [2.05, 4.69) is 15.0 Å². The van der Waals surface area contributed by atoms with Crippen LogP contribution < -0.4 is 11.5 Å². The van der Waals surface area contributed by atoms with Crippen LogP contribution in [0.1, 0.15) is 10.4 Å². The molecular formula is C17H13N5OS. The molecule has 0 aliphatic heterocycles. The summed E-state index contributed by atoms with van der Waals surface area (Å²) in [6.07, 6.45) is 1.57. The van der Waals surface area contributed by atoms with Crippen molar-refractivity contribution in [1.29, 1.82) is 0 Å². The van der Waals surface area contributed by atoms with Gasteiger partial charge in [-0.3, -0.25) is 4.79 Å². The van der Waals surface area contributed by atoms with Gasteiger partial charge in [0.25, 0.3) is 5.91 Å². The Balaban J connectivity index is 1.93. The van der Waals surface area contributed by atoms with Gasteiger partial charge < -0.3 is 16.5 Å². The number of nitrogens with two attached hydrogens (primary N) is 2. The zero-order valence-corrected chi connectivity index (χ0v) is 13.3. The maximum absolute atomic E-state index is 11.9. The number of fused-ring (bicyclic) bond motifs is 1. The lowest BCUT2D eigenvalue weighted by atomic mass is 10.1. The van der Waals surface area contributed by atoms with Gasteiger partial charge in [0.05, 0.1) is 22.6 Å². The third kappa shape index (κ3) is 2.31. The van der Waals surface area contributed by atoms with Crippen LogP contribution >= 0.6 is 11.3 Å². The van der Waals surface area contributed by atoms with Crippen LogP contribution in [0.4, 0.5) is 5.95 Å². The molecule has 118 valence electrons. The number of primary amides is 1. The first-order chi connectivity index (χ1) is 11.6. The molecule has 24 heavy (non-hydrogen) atoms. The van der Waals surface area contributed by atoms with E-state index in [1.807, 2.05) is 29.6 Å². The molecule has 5 N–H and O–H groups in total. The highest BCUT2D eigenvalue weighted by atomic mass is 32.1. The van der Waals surface area contributed by atoms with Crippen LogP contribution in [0.15, 0.2) is 48.0 Å². The van der Waals surface area contributed by atoms with Crippen molar-refractivity contribution in [3.05, 3.63) is 53.5 Å². The van der Waals surface area contributed by atoms with Gasteiger partial charge in [-0.15, -0.1) is 11.3 Å². The highest BCUT2D eigenvalue weighted by Crippen LogP contribution is 2.36. The van der Waals surface area contributed by atoms with Crippen molar-refractivity contribution in [2.45, 2.75) is 0 Å². The highest BCUT2D eigenvalue weighted by Gasteiger charge is 2.18. The number of hydrogen-bond donors (Lipinski definition) is 3. The Labute approximate surface area is 141 Å². The summed E-state index contributed by atoms with van der Waals surface area (Å²) in [6, 6.07) is 11.4. The fraction of sp³-hybridized carbons (Fsp3) is 0. The molecule has 0 fully saturated rings. The van der Waals surface area contributed by atoms with Gasteiger partial charge in [-0.25, -0.2) is 9.97 Å². The molecule has 4 aromatic rings. The second-order valence-electron chi connectivity index (χ2n) is 5.28. The van der Waals surface area contributed by atoms with Crippen molar-refractivity contribution in [3.8, 4) is 22.6 Å². The topological polar surface area (TPSA) is 111 Å². The molecule has 0 spiro atoms. The molecular weight excluding hydrogens is 322 g/mol. The number of aromatic nitrogens is 3. The van der Waals surface area contributed by atoms with Crippen LogP contribution in [0.3, 0.4) is 0 Å². The largest absolute Gasteiger partial charge is 0.368 e. The number of hydrogen-bond acceptors (Lipinski definition) is 5. The Hall–Kier alpha value is -3.19. The number of aromatic amines is 1. The molecule has 0 unspecified atom stereocenters. The van der Waals surface area contributed by atoms with Crippen molar-refractivity contribution in [2.75, 3.05) is 5.73 Å². The second-order valence-corrected chi connectivity index (χ2v) is 6.19. The fourth-order valence-corrected chi connectivity index (χ4v) is 3.65. The number of carbonyl (C=O) groups is 1. The van der Waals surface area contributed by atoms with Crippen molar-refractivity contribution in [3.63, 3.8) is 0 Å². The summed E-state index contributed by atoms with van der Waals surface area (Å²) in [5.74, 6) is -0.324. The Bertz CT molecular complexity index is 1070. The maximum atomic E-state index is 11.9. The number of H-pyrrole nitrogens is 1. The third-order valence-corrected chi connectivity index (χ3v) is 4.75. The number of anilines is 1. The Morgan fingerprint density at radius 1 is 1.21 bits per heavy atom. The number of nitrogen functional groups attached to an aromatic ring is 1. The smallest absolute Gasteiger partial charge is 0.250 e. The number of rotatable bonds is 3. The van der Waals surface area contributed by atoms with Crippen LogP contribution in [0, 0.1) is 0 Å². The number of thiophene rings is 1. The maximum Gasteiger partial charge on any atom is 0.250 e. The number of amides is 1. The van der Waals surface area contributed by atoms with Gasteiger partial charge in [0.15, 0.2) is 0 Å². The van der Waals surface area contributed by atoms with E-state index in [9.17, 15) is 4.79 Å². The summed E-state index contributed by atoms with van der Waals surface area (Å²) in [6.45, 7) is 0. The summed E-state index contributed by atoms with van der Waals surface area (Å²) in [4.78, 5) is 23.2. The van der Waals surface area contributed by atoms with Gasteiger partial charge in [0.1, 0.15) is 0 Å². The lowest BCUT2D eigenvalue weighted by Gasteiger charge is -2.00. The molecule has 0 bridgehead atoms. The Kier molecular flexibility index (Phi) is 3.28. The number of nitrogens with zero attached hydrogens (tertiary/aromatic N) is 2. The average Bonchev–Trinajstić information content (AvgIpc) is 3.19. The van der Waals surface area contributed by atoms with Crippen molar-refractivity contribution < 1.29 is 4.79 Å².